The first-order chi connectivity index (χ1) is 7.30. The molecule has 1 rings (SSSR count). The molecule has 0 aromatic rings. The molecule has 16 heavy (non-hydrogen) atoms. The van der Waals surface area contributed by atoms with Crippen LogP contribution in [0.3, 0.4) is 0 Å². The molecule has 0 unspecified atom stereocenters. The SMILES string of the molecule is C=C(Br)CN1CCN(C(=O)C(C)(C)C)CC1. The number of carbonyl (C=O) groups excluding carboxylic acids is 1. The number of rotatable bonds is 2. The molecule has 1 amide bonds. The van der Waals surface area contributed by atoms with Crippen LogP contribution >= 0.6 is 15.9 Å². The van der Waals surface area contributed by atoms with Crippen LogP contribution < -0.4 is 0 Å². The van der Waals surface area contributed by atoms with Crippen molar-refractivity contribution in [2.24, 2.45) is 5.41 Å². The smallest absolute Gasteiger partial charge is 0.228 e. The van der Waals surface area contributed by atoms with E-state index in [1.165, 1.54) is 0 Å². The highest BCUT2D eigenvalue weighted by molar-refractivity contribution is 9.11. The predicted molar refractivity (Wildman–Crippen MR) is 70.5 cm³/mol. The van der Waals surface area contributed by atoms with Gasteiger partial charge in [0.05, 0.1) is 0 Å². The van der Waals surface area contributed by atoms with E-state index in [1.54, 1.807) is 0 Å². The molecular weight excluding hydrogens is 268 g/mol. The van der Waals surface area contributed by atoms with Gasteiger partial charge in [-0.3, -0.25) is 9.69 Å². The van der Waals surface area contributed by atoms with Crippen LogP contribution in [0.2, 0.25) is 0 Å². The molecule has 1 fully saturated rings. The standard InChI is InChI=1S/C12H21BrN2O/c1-10(13)9-14-5-7-15(8-6-14)11(16)12(2,3)4/h1,5-9H2,2-4H3. The largest absolute Gasteiger partial charge is 0.340 e. The van der Waals surface area contributed by atoms with E-state index in [0.29, 0.717) is 0 Å². The molecule has 0 aromatic carbocycles. The first kappa shape index (κ1) is 13.7. The van der Waals surface area contributed by atoms with E-state index in [2.05, 4.69) is 27.4 Å². The zero-order chi connectivity index (χ0) is 12.3. The third-order valence-corrected chi connectivity index (χ3v) is 2.95. The van der Waals surface area contributed by atoms with Gasteiger partial charge in [-0.25, -0.2) is 0 Å². The molecule has 0 aromatic heterocycles. The average molecular weight is 289 g/mol. The molecule has 4 heteroatoms. The van der Waals surface area contributed by atoms with Gasteiger partial charge in [0, 0.05) is 42.6 Å². The fourth-order valence-electron chi connectivity index (χ4n) is 1.83. The lowest BCUT2D eigenvalue weighted by Crippen LogP contribution is -2.51. The Morgan fingerprint density at radius 1 is 1.25 bits per heavy atom. The molecule has 0 saturated carbocycles. The van der Waals surface area contributed by atoms with E-state index in [0.717, 1.165) is 37.2 Å². The summed E-state index contributed by atoms with van der Waals surface area (Å²) in [7, 11) is 0. The quantitative estimate of drug-likeness (QED) is 0.777. The molecule has 1 aliphatic rings. The van der Waals surface area contributed by atoms with Crippen molar-refractivity contribution in [1.82, 2.24) is 9.80 Å². The fraction of sp³-hybridized carbons (Fsp3) is 0.750. The second kappa shape index (κ2) is 5.32. The highest BCUT2D eigenvalue weighted by Gasteiger charge is 2.29. The van der Waals surface area contributed by atoms with Crippen LogP contribution in [0.5, 0.6) is 0 Å². The number of nitrogens with zero attached hydrogens (tertiary/aromatic N) is 2. The van der Waals surface area contributed by atoms with Gasteiger partial charge in [-0.1, -0.05) is 43.3 Å². The summed E-state index contributed by atoms with van der Waals surface area (Å²) in [5.41, 5.74) is -0.263. The van der Waals surface area contributed by atoms with Gasteiger partial charge in [-0.05, 0) is 0 Å². The molecular formula is C12H21BrN2O. The van der Waals surface area contributed by atoms with Crippen molar-refractivity contribution in [3.8, 4) is 0 Å². The van der Waals surface area contributed by atoms with Gasteiger partial charge in [-0.15, -0.1) is 0 Å². The molecule has 1 aliphatic heterocycles. The van der Waals surface area contributed by atoms with Crippen molar-refractivity contribution < 1.29 is 4.79 Å². The van der Waals surface area contributed by atoms with Crippen LogP contribution in [-0.4, -0.2) is 48.4 Å². The molecule has 0 spiro atoms. The van der Waals surface area contributed by atoms with Crippen LogP contribution in [0.15, 0.2) is 11.1 Å². The van der Waals surface area contributed by atoms with E-state index in [1.807, 2.05) is 25.7 Å². The normalized spacial score (nSPS) is 18.6. The Kier molecular flexibility index (Phi) is 4.56. The van der Waals surface area contributed by atoms with Gasteiger partial charge in [0.2, 0.25) is 5.91 Å². The van der Waals surface area contributed by atoms with Crippen LogP contribution in [0.4, 0.5) is 0 Å². The van der Waals surface area contributed by atoms with Crippen molar-refractivity contribution in [1.29, 1.82) is 0 Å². The summed E-state index contributed by atoms with van der Waals surface area (Å²) in [5, 5.41) is 0. The van der Waals surface area contributed by atoms with E-state index in [-0.39, 0.29) is 11.3 Å². The summed E-state index contributed by atoms with van der Waals surface area (Å²) in [5.74, 6) is 0.254. The molecule has 3 nitrogen and oxygen atoms in total. The van der Waals surface area contributed by atoms with Gasteiger partial charge in [0.1, 0.15) is 0 Å². The Bertz CT molecular complexity index is 275. The zero-order valence-corrected chi connectivity index (χ0v) is 12.0. The zero-order valence-electron chi connectivity index (χ0n) is 10.4. The average Bonchev–Trinajstić information content (AvgIpc) is 2.15. The molecule has 0 atom stereocenters. The van der Waals surface area contributed by atoms with Gasteiger partial charge >= 0.3 is 0 Å². The van der Waals surface area contributed by atoms with Crippen molar-refractivity contribution in [3.05, 3.63) is 11.1 Å². The number of halogens is 1. The fourth-order valence-corrected chi connectivity index (χ4v) is 2.18. The lowest BCUT2D eigenvalue weighted by Gasteiger charge is -2.37. The Balaban J connectivity index is 2.43. The predicted octanol–water partition coefficient (Wildman–Crippen LogP) is 2.09. The summed E-state index contributed by atoms with van der Waals surface area (Å²) in [4.78, 5) is 16.3. The summed E-state index contributed by atoms with van der Waals surface area (Å²) in [6, 6.07) is 0. The Hall–Kier alpha value is -0.350. The summed E-state index contributed by atoms with van der Waals surface area (Å²) >= 11 is 3.37. The third-order valence-electron chi connectivity index (χ3n) is 2.70. The van der Waals surface area contributed by atoms with Gasteiger partial charge in [0.25, 0.3) is 0 Å². The van der Waals surface area contributed by atoms with Gasteiger partial charge < -0.3 is 4.90 Å². The molecule has 1 saturated heterocycles. The molecule has 0 N–H and O–H groups in total. The lowest BCUT2D eigenvalue weighted by molar-refractivity contribution is -0.141. The maximum Gasteiger partial charge on any atom is 0.228 e. The minimum absolute atomic E-state index is 0.254. The summed E-state index contributed by atoms with van der Waals surface area (Å²) in [6.07, 6.45) is 0. The number of carbonyl (C=O) groups is 1. The molecule has 0 radical (unpaired) electrons. The second-order valence-electron chi connectivity index (χ2n) is 5.34. The Morgan fingerprint density at radius 3 is 2.12 bits per heavy atom. The number of hydrogen-bond acceptors (Lipinski definition) is 2. The number of amides is 1. The maximum absolute atomic E-state index is 12.0. The van der Waals surface area contributed by atoms with E-state index >= 15 is 0 Å². The monoisotopic (exact) mass is 288 g/mol. The lowest BCUT2D eigenvalue weighted by atomic mass is 9.94. The number of hydrogen-bond donors (Lipinski definition) is 0. The second-order valence-corrected chi connectivity index (χ2v) is 6.46. The number of piperazine rings is 1. The molecule has 92 valence electrons. The van der Waals surface area contributed by atoms with E-state index in [9.17, 15) is 4.79 Å². The van der Waals surface area contributed by atoms with Crippen LogP contribution in [-0.2, 0) is 4.79 Å². The van der Waals surface area contributed by atoms with Crippen molar-refractivity contribution in [2.75, 3.05) is 32.7 Å². The summed E-state index contributed by atoms with van der Waals surface area (Å²) < 4.78 is 1.00. The van der Waals surface area contributed by atoms with Crippen LogP contribution in [0, 0.1) is 5.41 Å². The van der Waals surface area contributed by atoms with Crippen LogP contribution in [0.1, 0.15) is 20.8 Å². The first-order valence-corrected chi connectivity index (χ1v) is 6.45. The van der Waals surface area contributed by atoms with E-state index < -0.39 is 0 Å². The van der Waals surface area contributed by atoms with Crippen molar-refractivity contribution in [2.45, 2.75) is 20.8 Å². The van der Waals surface area contributed by atoms with Crippen LogP contribution in [0.25, 0.3) is 0 Å². The van der Waals surface area contributed by atoms with Crippen molar-refractivity contribution in [3.63, 3.8) is 0 Å². The molecule has 1 heterocycles. The van der Waals surface area contributed by atoms with Gasteiger partial charge in [-0.2, -0.15) is 0 Å². The molecule has 0 aliphatic carbocycles. The van der Waals surface area contributed by atoms with Crippen molar-refractivity contribution >= 4 is 21.8 Å². The minimum atomic E-state index is -0.263. The maximum atomic E-state index is 12.0. The first-order valence-electron chi connectivity index (χ1n) is 5.65. The highest BCUT2D eigenvalue weighted by Crippen LogP contribution is 2.19. The topological polar surface area (TPSA) is 23.6 Å². The highest BCUT2D eigenvalue weighted by atomic mass is 79.9. The third kappa shape index (κ3) is 3.91. The Labute approximate surface area is 107 Å². The molecule has 0 bridgehead atoms. The Morgan fingerprint density at radius 2 is 1.75 bits per heavy atom. The summed E-state index contributed by atoms with van der Waals surface area (Å²) in [6.45, 7) is 14.2. The van der Waals surface area contributed by atoms with E-state index in [4.69, 9.17) is 0 Å². The minimum Gasteiger partial charge on any atom is -0.340 e. The van der Waals surface area contributed by atoms with Gasteiger partial charge in [0.15, 0.2) is 0 Å².